The van der Waals surface area contributed by atoms with Crippen molar-refractivity contribution < 1.29 is 13.7 Å². The SMILES string of the molecule is O=C(c1cnn2c(-c3cnc(-c4noc(=O)[nH]4)c(F)c3)cccc12)N1CCCCC1. The molecule has 10 heteroatoms. The minimum atomic E-state index is -0.789. The van der Waals surface area contributed by atoms with E-state index in [9.17, 15) is 14.0 Å². The standard InChI is InChI=1S/C20H17FN6O3/c21-14-9-12(10-22-17(14)18-24-20(29)30-25-18)15-5-4-6-16-13(11-23-27(15)16)19(28)26-7-2-1-3-8-26/h4-6,9-11H,1-3,7-8H2,(H,24,25,29). The number of fused-ring (bicyclic) bond motifs is 1. The summed E-state index contributed by atoms with van der Waals surface area (Å²) in [5, 5.41) is 7.83. The van der Waals surface area contributed by atoms with Gasteiger partial charge >= 0.3 is 5.76 Å². The van der Waals surface area contributed by atoms with Crippen molar-refractivity contribution >= 4 is 11.4 Å². The van der Waals surface area contributed by atoms with Gasteiger partial charge in [0, 0.05) is 24.8 Å². The van der Waals surface area contributed by atoms with Gasteiger partial charge in [-0.25, -0.2) is 18.7 Å². The van der Waals surface area contributed by atoms with Gasteiger partial charge in [-0.05, 0) is 37.5 Å². The lowest BCUT2D eigenvalue weighted by molar-refractivity contribution is 0.0726. The van der Waals surface area contributed by atoms with Gasteiger partial charge in [0.2, 0.25) is 5.82 Å². The molecule has 1 N–H and O–H groups in total. The topological polar surface area (TPSA) is 109 Å². The summed E-state index contributed by atoms with van der Waals surface area (Å²) in [6, 6.07) is 6.65. The highest BCUT2D eigenvalue weighted by molar-refractivity contribution is 6.01. The van der Waals surface area contributed by atoms with Gasteiger partial charge in [-0.2, -0.15) is 5.10 Å². The number of H-pyrrole nitrogens is 1. The molecule has 1 amide bonds. The second-order valence-electron chi connectivity index (χ2n) is 7.12. The van der Waals surface area contributed by atoms with E-state index in [-0.39, 0.29) is 17.4 Å². The van der Waals surface area contributed by atoms with Gasteiger partial charge in [0.05, 0.1) is 23.0 Å². The monoisotopic (exact) mass is 408 g/mol. The summed E-state index contributed by atoms with van der Waals surface area (Å²) in [5.41, 5.74) is 2.08. The molecule has 1 aliphatic heterocycles. The first-order valence-corrected chi connectivity index (χ1v) is 9.60. The lowest BCUT2D eigenvalue weighted by Crippen LogP contribution is -2.35. The van der Waals surface area contributed by atoms with Crippen molar-refractivity contribution in [3.8, 4) is 22.8 Å². The number of nitrogens with zero attached hydrogens (tertiary/aromatic N) is 5. The number of nitrogens with one attached hydrogen (secondary N) is 1. The molecule has 0 unspecified atom stereocenters. The van der Waals surface area contributed by atoms with E-state index in [2.05, 4.69) is 24.7 Å². The van der Waals surface area contributed by atoms with E-state index < -0.39 is 11.6 Å². The zero-order valence-corrected chi connectivity index (χ0v) is 15.8. The van der Waals surface area contributed by atoms with E-state index >= 15 is 0 Å². The molecule has 0 aromatic carbocycles. The number of rotatable bonds is 3. The minimum Gasteiger partial charge on any atom is -0.339 e. The maximum atomic E-state index is 14.7. The average Bonchev–Trinajstić information content (AvgIpc) is 3.40. The Hall–Kier alpha value is -3.82. The van der Waals surface area contributed by atoms with Gasteiger partial charge in [-0.1, -0.05) is 11.2 Å². The Morgan fingerprint density at radius 3 is 2.73 bits per heavy atom. The van der Waals surface area contributed by atoms with E-state index in [4.69, 9.17) is 0 Å². The van der Waals surface area contributed by atoms with E-state index in [0.29, 0.717) is 22.3 Å². The van der Waals surface area contributed by atoms with Crippen LogP contribution in [0.15, 0.2) is 46.0 Å². The quantitative estimate of drug-likeness (QED) is 0.558. The zero-order chi connectivity index (χ0) is 20.7. The molecule has 30 heavy (non-hydrogen) atoms. The van der Waals surface area contributed by atoms with Crippen molar-refractivity contribution in [1.82, 2.24) is 29.6 Å². The van der Waals surface area contributed by atoms with Gasteiger partial charge in [-0.3, -0.25) is 14.3 Å². The Morgan fingerprint density at radius 2 is 2.00 bits per heavy atom. The van der Waals surface area contributed by atoms with Crippen LogP contribution in [0.1, 0.15) is 29.6 Å². The Bertz CT molecular complexity index is 1300. The summed E-state index contributed by atoms with van der Waals surface area (Å²) in [7, 11) is 0. The summed E-state index contributed by atoms with van der Waals surface area (Å²) < 4.78 is 20.7. The molecular formula is C20H17FN6O3. The van der Waals surface area contributed by atoms with Crippen LogP contribution in [0, 0.1) is 5.82 Å². The number of aromatic nitrogens is 5. The van der Waals surface area contributed by atoms with Crippen molar-refractivity contribution in [2.24, 2.45) is 0 Å². The molecule has 1 saturated heterocycles. The second-order valence-corrected chi connectivity index (χ2v) is 7.12. The fraction of sp³-hybridized carbons (Fsp3) is 0.250. The van der Waals surface area contributed by atoms with Crippen LogP contribution in [0.4, 0.5) is 4.39 Å². The predicted octanol–water partition coefficient (Wildman–Crippen LogP) is 2.50. The van der Waals surface area contributed by atoms with Crippen LogP contribution in [-0.4, -0.2) is 48.6 Å². The largest absolute Gasteiger partial charge is 0.439 e. The molecule has 0 aliphatic carbocycles. The first-order chi connectivity index (χ1) is 14.6. The third-order valence-electron chi connectivity index (χ3n) is 5.22. The van der Waals surface area contributed by atoms with Crippen LogP contribution in [0.3, 0.4) is 0 Å². The average molecular weight is 408 g/mol. The van der Waals surface area contributed by atoms with Gasteiger partial charge in [-0.15, -0.1) is 0 Å². The molecule has 0 saturated carbocycles. The smallest absolute Gasteiger partial charge is 0.339 e. The zero-order valence-electron chi connectivity index (χ0n) is 15.8. The highest BCUT2D eigenvalue weighted by Crippen LogP contribution is 2.26. The van der Waals surface area contributed by atoms with Crippen LogP contribution in [0.2, 0.25) is 0 Å². The number of halogens is 1. The van der Waals surface area contributed by atoms with Gasteiger partial charge in [0.25, 0.3) is 5.91 Å². The lowest BCUT2D eigenvalue weighted by atomic mass is 10.1. The highest BCUT2D eigenvalue weighted by Gasteiger charge is 2.22. The molecule has 0 radical (unpaired) electrons. The normalized spacial score (nSPS) is 14.4. The van der Waals surface area contributed by atoms with Crippen molar-refractivity contribution in [3.05, 3.63) is 58.6 Å². The molecule has 0 bridgehead atoms. The molecule has 0 atom stereocenters. The number of likely N-dealkylation sites (tertiary alicyclic amines) is 1. The molecular weight excluding hydrogens is 391 g/mol. The first-order valence-electron chi connectivity index (χ1n) is 9.60. The molecule has 1 fully saturated rings. The van der Waals surface area contributed by atoms with E-state index in [0.717, 1.165) is 32.4 Å². The molecule has 152 valence electrons. The Labute approximate surface area is 169 Å². The van der Waals surface area contributed by atoms with Crippen molar-refractivity contribution in [2.75, 3.05) is 13.1 Å². The Balaban J connectivity index is 1.54. The fourth-order valence-electron chi connectivity index (χ4n) is 3.75. The van der Waals surface area contributed by atoms with Crippen LogP contribution >= 0.6 is 0 Å². The third-order valence-corrected chi connectivity index (χ3v) is 5.22. The highest BCUT2D eigenvalue weighted by atomic mass is 19.1. The van der Waals surface area contributed by atoms with Crippen LogP contribution in [0.25, 0.3) is 28.3 Å². The third kappa shape index (κ3) is 3.06. The molecule has 4 aromatic heterocycles. The number of carbonyl (C=O) groups is 1. The van der Waals surface area contributed by atoms with Gasteiger partial charge < -0.3 is 4.90 Å². The van der Waals surface area contributed by atoms with Crippen LogP contribution in [-0.2, 0) is 0 Å². The summed E-state index contributed by atoms with van der Waals surface area (Å²) in [5.74, 6) is -1.60. The number of carbonyl (C=O) groups excluding carboxylic acids is 1. The summed E-state index contributed by atoms with van der Waals surface area (Å²) in [4.78, 5) is 32.2. The molecule has 4 aromatic rings. The summed E-state index contributed by atoms with van der Waals surface area (Å²) in [6.45, 7) is 1.49. The van der Waals surface area contributed by atoms with Crippen molar-refractivity contribution in [1.29, 1.82) is 0 Å². The van der Waals surface area contributed by atoms with Crippen LogP contribution < -0.4 is 5.76 Å². The van der Waals surface area contributed by atoms with Crippen molar-refractivity contribution in [3.63, 3.8) is 0 Å². The maximum absolute atomic E-state index is 14.7. The number of hydrogen-bond acceptors (Lipinski definition) is 6. The van der Waals surface area contributed by atoms with Gasteiger partial charge in [0.15, 0.2) is 5.82 Å². The molecule has 5 rings (SSSR count). The van der Waals surface area contributed by atoms with E-state index in [1.54, 1.807) is 22.8 Å². The first kappa shape index (κ1) is 18.2. The van der Waals surface area contributed by atoms with E-state index in [1.165, 1.54) is 12.3 Å². The molecule has 1 aliphatic rings. The molecule has 5 heterocycles. The minimum absolute atomic E-state index is 0.0449. The predicted molar refractivity (Wildman–Crippen MR) is 104 cm³/mol. The number of aromatic amines is 1. The fourth-order valence-corrected chi connectivity index (χ4v) is 3.75. The maximum Gasteiger partial charge on any atom is 0.439 e. The second kappa shape index (κ2) is 7.21. The molecule has 9 nitrogen and oxygen atoms in total. The molecule has 0 spiro atoms. The number of hydrogen-bond donors (Lipinski definition) is 1. The van der Waals surface area contributed by atoms with E-state index in [1.807, 2.05) is 11.0 Å². The Kier molecular flexibility index (Phi) is 4.38. The number of amides is 1. The number of pyridine rings is 2. The summed E-state index contributed by atoms with van der Waals surface area (Å²) >= 11 is 0. The lowest BCUT2D eigenvalue weighted by Gasteiger charge is -2.26. The number of piperidine rings is 1. The summed E-state index contributed by atoms with van der Waals surface area (Å²) in [6.07, 6.45) is 6.15. The Morgan fingerprint density at radius 1 is 1.17 bits per heavy atom. The van der Waals surface area contributed by atoms with Crippen molar-refractivity contribution in [2.45, 2.75) is 19.3 Å². The van der Waals surface area contributed by atoms with Crippen LogP contribution in [0.5, 0.6) is 0 Å². The van der Waals surface area contributed by atoms with Gasteiger partial charge in [0.1, 0.15) is 5.69 Å².